The number of carboxylic acid groups (broad SMARTS) is 1. The number of primary amides is 1. The van der Waals surface area contributed by atoms with Crippen LogP contribution < -0.4 is 5.73 Å². The Balaban J connectivity index is 2.35. The number of thioether (sulfide) groups is 1. The summed E-state index contributed by atoms with van der Waals surface area (Å²) in [7, 11) is 0. The largest absolute Gasteiger partial charge is 0.480 e. The summed E-state index contributed by atoms with van der Waals surface area (Å²) in [6, 6.07) is 3.30. The van der Waals surface area contributed by atoms with Gasteiger partial charge in [0.15, 0.2) is 0 Å². The quantitative estimate of drug-likeness (QED) is 0.577. The number of aliphatic carboxylic acids is 1. The maximum Gasteiger partial charge on any atom is 0.327 e. The van der Waals surface area contributed by atoms with Crippen LogP contribution in [0.25, 0.3) is 6.08 Å². The number of amides is 2. The average molecular weight is 405 g/mol. The molecule has 2 amide bonds. The number of carbonyl (C=O) groups is 3. The molecule has 1 aromatic rings. The molecular formula is C14H10Cl2N2O4S2. The van der Waals surface area contributed by atoms with E-state index in [0.29, 0.717) is 15.6 Å². The van der Waals surface area contributed by atoms with Crippen LogP contribution in [0.2, 0.25) is 10.0 Å². The van der Waals surface area contributed by atoms with Gasteiger partial charge in [-0.3, -0.25) is 14.5 Å². The summed E-state index contributed by atoms with van der Waals surface area (Å²) >= 11 is 17.9. The van der Waals surface area contributed by atoms with Crippen LogP contribution in [0.15, 0.2) is 23.1 Å². The number of rotatable bonds is 5. The first-order valence-electron chi connectivity index (χ1n) is 6.44. The zero-order valence-electron chi connectivity index (χ0n) is 11.9. The Morgan fingerprint density at radius 1 is 1.42 bits per heavy atom. The summed E-state index contributed by atoms with van der Waals surface area (Å²) in [5.41, 5.74) is 5.58. The van der Waals surface area contributed by atoms with E-state index in [9.17, 15) is 19.5 Å². The van der Waals surface area contributed by atoms with Crippen LogP contribution in [0.5, 0.6) is 0 Å². The van der Waals surface area contributed by atoms with Gasteiger partial charge in [0.05, 0.1) is 11.3 Å². The first kappa shape index (κ1) is 18.7. The van der Waals surface area contributed by atoms with Crippen LogP contribution in [-0.2, 0) is 14.4 Å². The average Bonchev–Trinajstić information content (AvgIpc) is 2.74. The molecule has 0 aromatic heterocycles. The molecule has 0 unspecified atom stereocenters. The predicted molar refractivity (Wildman–Crippen MR) is 96.7 cm³/mol. The highest BCUT2D eigenvalue weighted by Crippen LogP contribution is 2.36. The number of carboxylic acids is 1. The number of nitrogens with zero attached hydrogens (tertiary/aromatic N) is 1. The molecule has 1 aromatic carbocycles. The summed E-state index contributed by atoms with van der Waals surface area (Å²) in [4.78, 5) is 36.0. The molecule has 1 aliphatic heterocycles. The van der Waals surface area contributed by atoms with Gasteiger partial charge in [-0.05, 0) is 23.8 Å². The molecule has 1 saturated heterocycles. The van der Waals surface area contributed by atoms with Gasteiger partial charge in [0, 0.05) is 10.0 Å². The summed E-state index contributed by atoms with van der Waals surface area (Å²) in [5.74, 6) is -2.83. The third-order valence-electron chi connectivity index (χ3n) is 3.06. The molecule has 0 bridgehead atoms. The Labute approximate surface area is 156 Å². The van der Waals surface area contributed by atoms with Crippen molar-refractivity contribution < 1.29 is 19.5 Å². The molecule has 0 aliphatic carbocycles. The molecule has 2 rings (SSSR count). The lowest BCUT2D eigenvalue weighted by Gasteiger charge is -2.21. The predicted octanol–water partition coefficient (Wildman–Crippen LogP) is 2.52. The van der Waals surface area contributed by atoms with Crippen LogP contribution in [0.3, 0.4) is 0 Å². The van der Waals surface area contributed by atoms with E-state index in [2.05, 4.69) is 0 Å². The first-order valence-corrected chi connectivity index (χ1v) is 8.42. The molecule has 0 saturated carbocycles. The van der Waals surface area contributed by atoms with E-state index in [-0.39, 0.29) is 9.23 Å². The van der Waals surface area contributed by atoms with Gasteiger partial charge in [-0.25, -0.2) is 4.79 Å². The Morgan fingerprint density at radius 3 is 2.62 bits per heavy atom. The third-order valence-corrected chi connectivity index (χ3v) is 4.96. The van der Waals surface area contributed by atoms with Crippen LogP contribution >= 0.6 is 47.2 Å². The molecular weight excluding hydrogens is 395 g/mol. The molecule has 24 heavy (non-hydrogen) atoms. The summed E-state index contributed by atoms with van der Waals surface area (Å²) in [6.07, 6.45) is 0.956. The monoisotopic (exact) mass is 404 g/mol. The molecule has 1 fully saturated rings. The van der Waals surface area contributed by atoms with Crippen molar-refractivity contribution in [1.29, 1.82) is 0 Å². The Morgan fingerprint density at radius 2 is 2.08 bits per heavy atom. The molecule has 126 valence electrons. The van der Waals surface area contributed by atoms with Crippen molar-refractivity contribution in [3.8, 4) is 0 Å². The SMILES string of the molecule is NC(=O)C[C@@H](C(=O)O)N1C(=O)/C(=C\c2ccc(Cl)cc2Cl)SC1=S. The number of benzene rings is 1. The lowest BCUT2D eigenvalue weighted by Crippen LogP contribution is -2.46. The molecule has 1 aliphatic rings. The van der Waals surface area contributed by atoms with Gasteiger partial charge in [-0.2, -0.15) is 0 Å². The second-order valence-corrected chi connectivity index (χ2v) is 7.26. The molecule has 0 radical (unpaired) electrons. The topological polar surface area (TPSA) is 101 Å². The highest BCUT2D eigenvalue weighted by molar-refractivity contribution is 8.26. The standard InChI is InChI=1S/C14H10Cl2N2O4S2/c15-7-2-1-6(8(16)4-7)3-10-12(20)18(14(23)24-10)9(13(21)22)5-11(17)19/h1-4,9H,5H2,(H2,17,19)(H,21,22)/b10-3+/t9-/m0/s1. The summed E-state index contributed by atoms with van der Waals surface area (Å²) in [6.45, 7) is 0. The van der Waals surface area contributed by atoms with Crippen LogP contribution in [0.4, 0.5) is 0 Å². The molecule has 10 heteroatoms. The summed E-state index contributed by atoms with van der Waals surface area (Å²) in [5, 5.41) is 10.0. The zero-order chi connectivity index (χ0) is 18.0. The van der Waals surface area contributed by atoms with Crippen molar-refractivity contribution in [2.75, 3.05) is 0 Å². The normalized spacial score (nSPS) is 17.4. The van der Waals surface area contributed by atoms with Crippen molar-refractivity contribution in [2.24, 2.45) is 5.73 Å². The fourth-order valence-corrected chi connectivity index (χ4v) is 3.80. The first-order chi connectivity index (χ1) is 11.2. The minimum Gasteiger partial charge on any atom is -0.480 e. The number of nitrogens with two attached hydrogens (primary N) is 1. The molecule has 1 atom stereocenters. The minimum absolute atomic E-state index is 0.0324. The Kier molecular flexibility index (Phi) is 5.87. The van der Waals surface area contributed by atoms with Crippen molar-refractivity contribution in [2.45, 2.75) is 12.5 Å². The van der Waals surface area contributed by atoms with Crippen LogP contribution in [-0.4, -0.2) is 38.2 Å². The number of carbonyl (C=O) groups excluding carboxylic acids is 2. The fraction of sp³-hybridized carbons (Fsp3) is 0.143. The Bertz CT molecular complexity index is 782. The van der Waals surface area contributed by atoms with Crippen molar-refractivity contribution in [3.05, 3.63) is 38.7 Å². The van der Waals surface area contributed by atoms with Crippen molar-refractivity contribution in [3.63, 3.8) is 0 Å². The van der Waals surface area contributed by atoms with E-state index in [4.69, 9.17) is 41.2 Å². The maximum atomic E-state index is 12.5. The maximum absolute atomic E-state index is 12.5. The number of halogens is 2. The van der Waals surface area contributed by atoms with E-state index in [1.807, 2.05) is 0 Å². The second kappa shape index (κ2) is 7.52. The second-order valence-electron chi connectivity index (χ2n) is 4.74. The Hall–Kier alpha value is -1.61. The number of hydrogen-bond donors (Lipinski definition) is 2. The van der Waals surface area contributed by atoms with Crippen LogP contribution in [0.1, 0.15) is 12.0 Å². The fourth-order valence-electron chi connectivity index (χ4n) is 1.99. The summed E-state index contributed by atoms with van der Waals surface area (Å²) < 4.78 is 0.0324. The smallest absolute Gasteiger partial charge is 0.327 e. The highest BCUT2D eigenvalue weighted by atomic mass is 35.5. The van der Waals surface area contributed by atoms with E-state index < -0.39 is 30.2 Å². The molecule has 6 nitrogen and oxygen atoms in total. The number of hydrogen-bond acceptors (Lipinski definition) is 5. The lowest BCUT2D eigenvalue weighted by atomic mass is 10.1. The number of thiocarbonyl (C=S) groups is 1. The zero-order valence-corrected chi connectivity index (χ0v) is 15.0. The van der Waals surface area contributed by atoms with E-state index >= 15 is 0 Å². The van der Waals surface area contributed by atoms with Gasteiger partial charge in [-0.15, -0.1) is 0 Å². The van der Waals surface area contributed by atoms with E-state index in [1.54, 1.807) is 12.1 Å². The minimum atomic E-state index is -1.44. The van der Waals surface area contributed by atoms with E-state index in [1.165, 1.54) is 12.1 Å². The van der Waals surface area contributed by atoms with Gasteiger partial charge in [-0.1, -0.05) is 53.2 Å². The highest BCUT2D eigenvalue weighted by Gasteiger charge is 2.41. The van der Waals surface area contributed by atoms with Gasteiger partial charge >= 0.3 is 5.97 Å². The van der Waals surface area contributed by atoms with Crippen molar-refractivity contribution >= 4 is 75.4 Å². The van der Waals surface area contributed by atoms with Crippen molar-refractivity contribution in [1.82, 2.24) is 4.90 Å². The third kappa shape index (κ3) is 4.07. The van der Waals surface area contributed by atoms with Crippen LogP contribution in [0, 0.1) is 0 Å². The molecule has 1 heterocycles. The molecule has 3 N–H and O–H groups in total. The van der Waals surface area contributed by atoms with E-state index in [0.717, 1.165) is 16.7 Å². The van der Waals surface area contributed by atoms with Gasteiger partial charge in [0.1, 0.15) is 10.4 Å². The van der Waals surface area contributed by atoms with Gasteiger partial charge in [0.25, 0.3) is 5.91 Å². The van der Waals surface area contributed by atoms with Gasteiger partial charge in [0.2, 0.25) is 5.91 Å². The molecule has 0 spiro atoms. The lowest BCUT2D eigenvalue weighted by molar-refractivity contribution is -0.146. The van der Waals surface area contributed by atoms with Gasteiger partial charge < -0.3 is 10.8 Å².